The van der Waals surface area contributed by atoms with Crippen molar-refractivity contribution in [2.24, 2.45) is 0 Å². The molecule has 0 saturated carbocycles. The number of unbranched alkanes of at least 4 members (excludes halogenated alkanes) is 1. The van der Waals surface area contributed by atoms with Crippen molar-refractivity contribution in [3.05, 3.63) is 91.0 Å². The highest BCUT2D eigenvalue weighted by atomic mass is 79.9. The summed E-state index contributed by atoms with van der Waals surface area (Å²) in [6.45, 7) is 2.75. The summed E-state index contributed by atoms with van der Waals surface area (Å²) in [5.41, 5.74) is 0. The summed E-state index contributed by atoms with van der Waals surface area (Å²) < 4.78 is 0. The number of likely N-dealkylation sites (N-methyl/N-ethyl adjacent to an activating group) is 1. The lowest BCUT2D eigenvalue weighted by molar-refractivity contribution is -0.122. The maximum atomic E-state index is 11.7. The fourth-order valence-electron chi connectivity index (χ4n) is 3.98. The molecular formula is C26H32BrN2OP. The Hall–Kier alpha value is -2.00. The molecule has 3 aromatic carbocycles. The Balaban J connectivity index is 0.00000341. The molecule has 0 bridgehead atoms. The van der Waals surface area contributed by atoms with Gasteiger partial charge in [0.2, 0.25) is 5.91 Å². The third kappa shape index (κ3) is 6.26. The first-order valence-corrected chi connectivity index (χ1v) is 12.7. The summed E-state index contributed by atoms with van der Waals surface area (Å²) in [5.74, 6) is 0.0368. The van der Waals surface area contributed by atoms with Crippen LogP contribution in [0.15, 0.2) is 91.0 Å². The summed E-state index contributed by atoms with van der Waals surface area (Å²) in [6.07, 6.45) is 3.25. The van der Waals surface area contributed by atoms with E-state index in [1.807, 2.05) is 6.92 Å². The molecule has 0 saturated heterocycles. The Morgan fingerprint density at radius 2 is 1.19 bits per heavy atom. The highest BCUT2D eigenvalue weighted by Gasteiger charge is 2.44. The standard InChI is InChI=1S/C26H31N2OP.BrH/c1-22(26(29)27-2)28-20-12-13-21-30(23-14-6-3-7-15-23,24-16-8-4-9-17-24)25-18-10-5-11-19-25;/h3-11,14-19,22,28H,12-13,20-21H2,1-2H3;1H/t22-;/m0./s1. The second kappa shape index (κ2) is 12.8. The SMILES string of the molecule is CNC(=O)[C@H](C)NCCCC[P+](c1ccccc1)(c1ccccc1)c1ccccc1.[Br-]. The van der Waals surface area contributed by atoms with Crippen LogP contribution >= 0.6 is 7.26 Å². The zero-order valence-corrected chi connectivity index (χ0v) is 20.8. The molecule has 3 nitrogen and oxygen atoms in total. The van der Waals surface area contributed by atoms with Gasteiger partial charge in [-0.1, -0.05) is 54.6 Å². The van der Waals surface area contributed by atoms with Crippen molar-refractivity contribution >= 4 is 29.1 Å². The van der Waals surface area contributed by atoms with Crippen molar-refractivity contribution in [1.29, 1.82) is 0 Å². The van der Waals surface area contributed by atoms with E-state index in [1.165, 1.54) is 15.9 Å². The van der Waals surface area contributed by atoms with Gasteiger partial charge < -0.3 is 27.6 Å². The summed E-state index contributed by atoms with van der Waals surface area (Å²) >= 11 is 0. The lowest BCUT2D eigenvalue weighted by Gasteiger charge is -2.27. The van der Waals surface area contributed by atoms with Gasteiger partial charge in [-0.3, -0.25) is 4.79 Å². The molecule has 0 unspecified atom stereocenters. The molecule has 3 rings (SSSR count). The molecule has 2 N–H and O–H groups in total. The maximum absolute atomic E-state index is 11.7. The van der Waals surface area contributed by atoms with E-state index in [9.17, 15) is 4.79 Å². The Morgan fingerprint density at radius 1 is 0.774 bits per heavy atom. The minimum atomic E-state index is -1.75. The number of nitrogens with one attached hydrogen (secondary N) is 2. The number of hydrogen-bond acceptors (Lipinski definition) is 2. The minimum absolute atomic E-state index is 0. The Bertz CT molecular complexity index is 810. The van der Waals surface area contributed by atoms with Gasteiger partial charge in [-0.05, 0) is 62.7 Å². The monoisotopic (exact) mass is 498 g/mol. The molecule has 0 fully saturated rings. The number of amides is 1. The first-order valence-electron chi connectivity index (χ1n) is 10.7. The molecule has 1 atom stereocenters. The van der Waals surface area contributed by atoms with Crippen LogP contribution in [0.25, 0.3) is 0 Å². The van der Waals surface area contributed by atoms with E-state index in [4.69, 9.17) is 0 Å². The van der Waals surface area contributed by atoms with Crippen molar-refractivity contribution in [1.82, 2.24) is 10.6 Å². The minimum Gasteiger partial charge on any atom is -1.00 e. The van der Waals surface area contributed by atoms with Crippen LogP contribution in [0, 0.1) is 0 Å². The van der Waals surface area contributed by atoms with Crippen LogP contribution in [-0.4, -0.2) is 31.7 Å². The fraction of sp³-hybridized carbons (Fsp3) is 0.269. The van der Waals surface area contributed by atoms with Gasteiger partial charge in [0.05, 0.1) is 12.2 Å². The van der Waals surface area contributed by atoms with Crippen LogP contribution in [0.1, 0.15) is 19.8 Å². The quantitative estimate of drug-likeness (QED) is 0.315. The summed E-state index contributed by atoms with van der Waals surface area (Å²) in [6, 6.07) is 32.8. The van der Waals surface area contributed by atoms with Crippen LogP contribution in [0.2, 0.25) is 0 Å². The maximum Gasteiger partial charge on any atom is 0.236 e. The zero-order valence-electron chi connectivity index (χ0n) is 18.3. The van der Waals surface area contributed by atoms with Gasteiger partial charge in [-0.25, -0.2) is 0 Å². The van der Waals surface area contributed by atoms with E-state index < -0.39 is 7.26 Å². The molecule has 31 heavy (non-hydrogen) atoms. The highest BCUT2D eigenvalue weighted by Crippen LogP contribution is 2.55. The predicted molar refractivity (Wildman–Crippen MR) is 131 cm³/mol. The number of benzene rings is 3. The molecule has 164 valence electrons. The van der Waals surface area contributed by atoms with E-state index in [0.717, 1.165) is 25.5 Å². The van der Waals surface area contributed by atoms with Gasteiger partial charge in [-0.15, -0.1) is 0 Å². The van der Waals surface area contributed by atoms with Gasteiger partial charge in [0, 0.05) is 7.05 Å². The predicted octanol–water partition coefficient (Wildman–Crippen LogP) is 0.489. The van der Waals surface area contributed by atoms with Crippen LogP contribution in [-0.2, 0) is 4.79 Å². The summed E-state index contributed by atoms with van der Waals surface area (Å²) in [7, 11) is -0.0696. The lowest BCUT2D eigenvalue weighted by Crippen LogP contribution is -3.00. The Morgan fingerprint density at radius 3 is 1.58 bits per heavy atom. The second-order valence-corrected chi connectivity index (χ2v) is 11.2. The first-order chi connectivity index (χ1) is 14.7. The van der Waals surface area contributed by atoms with Gasteiger partial charge in [0.25, 0.3) is 0 Å². The van der Waals surface area contributed by atoms with Gasteiger partial charge in [0.1, 0.15) is 23.2 Å². The van der Waals surface area contributed by atoms with E-state index in [0.29, 0.717) is 0 Å². The third-order valence-electron chi connectivity index (χ3n) is 5.60. The summed E-state index contributed by atoms with van der Waals surface area (Å²) in [4.78, 5) is 11.7. The zero-order chi connectivity index (χ0) is 21.2. The average molecular weight is 499 g/mol. The van der Waals surface area contributed by atoms with Crippen molar-refractivity contribution in [3.8, 4) is 0 Å². The second-order valence-electron chi connectivity index (χ2n) is 7.54. The first kappa shape index (κ1) is 25.3. The smallest absolute Gasteiger partial charge is 0.236 e. The molecule has 0 spiro atoms. The summed E-state index contributed by atoms with van der Waals surface area (Å²) in [5, 5.41) is 10.3. The number of carbonyl (C=O) groups is 1. The van der Waals surface area contributed by atoms with Crippen LogP contribution in [0.3, 0.4) is 0 Å². The third-order valence-corrected chi connectivity index (χ3v) is 10.1. The molecule has 0 radical (unpaired) electrons. The number of halogens is 1. The average Bonchev–Trinajstić information content (AvgIpc) is 2.82. The lowest BCUT2D eigenvalue weighted by atomic mass is 10.3. The van der Waals surface area contributed by atoms with E-state index in [1.54, 1.807) is 7.05 Å². The largest absolute Gasteiger partial charge is 1.00 e. The van der Waals surface area contributed by atoms with E-state index in [-0.39, 0.29) is 28.9 Å². The molecule has 5 heteroatoms. The molecule has 1 amide bonds. The highest BCUT2D eigenvalue weighted by molar-refractivity contribution is 7.95. The molecular weight excluding hydrogens is 467 g/mol. The number of rotatable bonds is 10. The number of hydrogen-bond donors (Lipinski definition) is 2. The molecule has 3 aromatic rings. The van der Waals surface area contributed by atoms with Crippen LogP contribution in [0.5, 0.6) is 0 Å². The molecule has 0 aliphatic carbocycles. The van der Waals surface area contributed by atoms with Gasteiger partial charge >= 0.3 is 0 Å². The van der Waals surface area contributed by atoms with Crippen molar-refractivity contribution in [2.75, 3.05) is 19.8 Å². The Kier molecular flexibility index (Phi) is 10.4. The molecule has 0 heterocycles. The topological polar surface area (TPSA) is 41.1 Å². The van der Waals surface area contributed by atoms with E-state index in [2.05, 4.69) is 102 Å². The van der Waals surface area contributed by atoms with Crippen molar-refractivity contribution in [3.63, 3.8) is 0 Å². The van der Waals surface area contributed by atoms with Crippen molar-refractivity contribution < 1.29 is 21.8 Å². The van der Waals surface area contributed by atoms with Gasteiger partial charge in [0.15, 0.2) is 0 Å². The van der Waals surface area contributed by atoms with Gasteiger partial charge in [-0.2, -0.15) is 0 Å². The Labute approximate surface area is 197 Å². The van der Waals surface area contributed by atoms with Crippen LogP contribution in [0.4, 0.5) is 0 Å². The molecule has 0 aliphatic rings. The van der Waals surface area contributed by atoms with Crippen LogP contribution < -0.4 is 43.5 Å². The fourth-order valence-corrected chi connectivity index (χ4v) is 8.39. The molecule has 0 aliphatic heterocycles. The normalized spacial score (nSPS) is 11.9. The van der Waals surface area contributed by atoms with Crippen molar-refractivity contribution in [2.45, 2.75) is 25.8 Å². The van der Waals surface area contributed by atoms with E-state index >= 15 is 0 Å². The molecule has 0 aromatic heterocycles. The number of carbonyl (C=O) groups excluding carboxylic acids is 1.